The van der Waals surface area contributed by atoms with E-state index in [-0.39, 0.29) is 11.1 Å². The molecule has 0 saturated carbocycles. The van der Waals surface area contributed by atoms with E-state index in [0.29, 0.717) is 17.6 Å². The molecule has 1 aliphatic heterocycles. The number of nitrogens with one attached hydrogen (secondary N) is 1. The van der Waals surface area contributed by atoms with Crippen molar-refractivity contribution in [2.45, 2.75) is 43.9 Å². The minimum Gasteiger partial charge on any atom is -0.488 e. The third-order valence-electron chi connectivity index (χ3n) is 5.58. The van der Waals surface area contributed by atoms with Gasteiger partial charge in [0.25, 0.3) is 10.0 Å². The van der Waals surface area contributed by atoms with Crippen molar-refractivity contribution in [3.05, 3.63) is 64.6 Å². The Bertz CT molecular complexity index is 1100. The lowest BCUT2D eigenvalue weighted by Gasteiger charge is -2.36. The monoisotopic (exact) mass is 458 g/mol. The quantitative estimate of drug-likeness (QED) is 0.570. The average molecular weight is 459 g/mol. The molecule has 0 radical (unpaired) electrons. The average Bonchev–Trinajstić information content (AvgIpc) is 3.28. The Morgan fingerprint density at radius 1 is 1.19 bits per heavy atom. The van der Waals surface area contributed by atoms with E-state index < -0.39 is 10.0 Å². The molecule has 0 aliphatic carbocycles. The molecule has 0 spiro atoms. The zero-order valence-electron chi connectivity index (χ0n) is 17.6. The first-order valence-electron chi connectivity index (χ1n) is 10.3. The van der Waals surface area contributed by atoms with Crippen LogP contribution in [-0.4, -0.2) is 42.5 Å². The molecule has 0 bridgehead atoms. The number of hydrogen-bond donors (Lipinski definition) is 1. The van der Waals surface area contributed by atoms with E-state index in [1.807, 2.05) is 13.0 Å². The first-order valence-corrected chi connectivity index (χ1v) is 12.7. The van der Waals surface area contributed by atoms with Crippen molar-refractivity contribution in [3.63, 3.8) is 0 Å². The van der Waals surface area contributed by atoms with E-state index >= 15 is 0 Å². The summed E-state index contributed by atoms with van der Waals surface area (Å²) >= 11 is 1.32. The van der Waals surface area contributed by atoms with Crippen molar-refractivity contribution in [2.75, 3.05) is 17.8 Å². The molecular weight excluding hydrogens is 432 g/mol. The topological polar surface area (TPSA) is 84.4 Å². The fourth-order valence-corrected chi connectivity index (χ4v) is 5.32. The molecule has 164 valence electrons. The normalized spacial score (nSPS) is 16.7. The summed E-state index contributed by atoms with van der Waals surface area (Å²) in [7, 11) is -3.78. The number of pyridine rings is 1. The van der Waals surface area contributed by atoms with Crippen LogP contribution in [0.4, 0.5) is 5.82 Å². The minimum atomic E-state index is -3.78. The smallest absolute Gasteiger partial charge is 0.280 e. The van der Waals surface area contributed by atoms with E-state index in [0.717, 1.165) is 31.5 Å². The number of nitrogens with zero attached hydrogens (tertiary/aromatic N) is 3. The van der Waals surface area contributed by atoms with Gasteiger partial charge in [0.1, 0.15) is 11.9 Å². The van der Waals surface area contributed by atoms with Gasteiger partial charge in [-0.1, -0.05) is 30.3 Å². The summed E-state index contributed by atoms with van der Waals surface area (Å²) in [4.78, 5) is 10.6. The number of likely N-dealkylation sites (tertiary alicyclic amines) is 1. The van der Waals surface area contributed by atoms with E-state index in [9.17, 15) is 8.42 Å². The highest BCUT2D eigenvalue weighted by atomic mass is 32.2. The lowest BCUT2D eigenvalue weighted by molar-refractivity contribution is 0.0790. The van der Waals surface area contributed by atoms with Gasteiger partial charge in [0.05, 0.1) is 11.7 Å². The number of hydrogen-bond acceptors (Lipinski definition) is 7. The molecule has 1 fully saturated rings. The van der Waals surface area contributed by atoms with Gasteiger partial charge >= 0.3 is 0 Å². The van der Waals surface area contributed by atoms with Crippen LogP contribution in [0.3, 0.4) is 0 Å². The summed E-state index contributed by atoms with van der Waals surface area (Å²) in [6.07, 6.45) is 3.43. The molecule has 1 aromatic carbocycles. The van der Waals surface area contributed by atoms with Crippen LogP contribution in [-0.2, 0) is 10.0 Å². The molecule has 1 N–H and O–H groups in total. The molecular formula is C22H26N4O3S2. The second-order valence-corrected chi connectivity index (χ2v) is 10.1. The Balaban J connectivity index is 1.36. The Kier molecular flexibility index (Phi) is 6.54. The predicted octanol–water partition coefficient (Wildman–Crippen LogP) is 4.25. The van der Waals surface area contributed by atoms with Gasteiger partial charge in [-0.25, -0.2) is 9.97 Å². The van der Waals surface area contributed by atoms with Gasteiger partial charge in [0.2, 0.25) is 0 Å². The van der Waals surface area contributed by atoms with Crippen LogP contribution in [0.5, 0.6) is 5.75 Å². The van der Waals surface area contributed by atoms with Gasteiger partial charge in [0, 0.05) is 24.5 Å². The van der Waals surface area contributed by atoms with Crippen LogP contribution in [0, 0.1) is 6.92 Å². The summed E-state index contributed by atoms with van der Waals surface area (Å²) in [6, 6.07) is 12.4. The minimum absolute atomic E-state index is 0.0446. The van der Waals surface area contributed by atoms with Crippen molar-refractivity contribution in [3.8, 4) is 5.75 Å². The fraction of sp³-hybridized carbons (Fsp3) is 0.364. The maximum absolute atomic E-state index is 12.5. The first-order chi connectivity index (χ1) is 14.9. The molecule has 1 aliphatic rings. The maximum Gasteiger partial charge on any atom is 0.280 e. The molecule has 3 aromatic rings. The van der Waals surface area contributed by atoms with Crippen molar-refractivity contribution >= 4 is 27.2 Å². The Labute approximate surface area is 187 Å². The number of anilines is 1. The molecule has 0 amide bonds. The third-order valence-corrected chi connectivity index (χ3v) is 7.42. The SMILES string of the molecule is Cc1cc(S(=O)(=O)Nc2cscn2)ncc1OC1CCN([C@H](C)c2ccccc2)CC1. The van der Waals surface area contributed by atoms with Crippen LogP contribution < -0.4 is 9.46 Å². The lowest BCUT2D eigenvalue weighted by atomic mass is 10.0. The lowest BCUT2D eigenvalue weighted by Crippen LogP contribution is -2.39. The zero-order chi connectivity index (χ0) is 21.8. The van der Waals surface area contributed by atoms with Crippen LogP contribution in [0.25, 0.3) is 0 Å². The zero-order valence-corrected chi connectivity index (χ0v) is 19.2. The molecule has 31 heavy (non-hydrogen) atoms. The largest absolute Gasteiger partial charge is 0.488 e. The van der Waals surface area contributed by atoms with Crippen molar-refractivity contribution in [2.24, 2.45) is 0 Å². The Morgan fingerprint density at radius 3 is 2.58 bits per heavy atom. The highest BCUT2D eigenvalue weighted by molar-refractivity contribution is 7.92. The second kappa shape index (κ2) is 9.33. The molecule has 4 rings (SSSR count). The standard InChI is InChI=1S/C22H26N4O3S2/c1-16-12-22(31(27,28)25-21-14-30-15-24-21)23-13-20(16)29-19-8-10-26(11-9-19)17(2)18-6-4-3-5-7-18/h3-7,12-15,17,19,25H,8-11H2,1-2H3/t17-/m1/s1. The van der Waals surface area contributed by atoms with Crippen molar-refractivity contribution < 1.29 is 13.2 Å². The van der Waals surface area contributed by atoms with Gasteiger partial charge in [0.15, 0.2) is 10.8 Å². The maximum atomic E-state index is 12.5. The Hall–Kier alpha value is -2.49. The third kappa shape index (κ3) is 5.23. The highest BCUT2D eigenvalue weighted by Gasteiger charge is 2.25. The van der Waals surface area contributed by atoms with E-state index in [1.165, 1.54) is 29.2 Å². The summed E-state index contributed by atoms with van der Waals surface area (Å²) in [6.45, 7) is 5.99. The van der Waals surface area contributed by atoms with Crippen molar-refractivity contribution in [1.29, 1.82) is 0 Å². The molecule has 9 heteroatoms. The summed E-state index contributed by atoms with van der Waals surface area (Å²) in [5.41, 5.74) is 3.64. The number of benzene rings is 1. The Morgan fingerprint density at radius 2 is 1.94 bits per heavy atom. The summed E-state index contributed by atoms with van der Waals surface area (Å²) in [5, 5.41) is 1.59. The van der Waals surface area contributed by atoms with E-state index in [4.69, 9.17) is 4.74 Å². The molecule has 7 nitrogen and oxygen atoms in total. The molecule has 3 heterocycles. The number of piperidine rings is 1. The number of aryl methyl sites for hydroxylation is 1. The van der Waals surface area contributed by atoms with Gasteiger partial charge < -0.3 is 4.74 Å². The van der Waals surface area contributed by atoms with Gasteiger partial charge in [-0.15, -0.1) is 11.3 Å². The highest BCUT2D eigenvalue weighted by Crippen LogP contribution is 2.28. The first kappa shape index (κ1) is 21.7. The summed E-state index contributed by atoms with van der Waals surface area (Å²) in [5.74, 6) is 0.920. The van der Waals surface area contributed by atoms with Gasteiger partial charge in [-0.2, -0.15) is 8.42 Å². The van der Waals surface area contributed by atoms with Gasteiger partial charge in [-0.3, -0.25) is 9.62 Å². The summed E-state index contributed by atoms with van der Waals surface area (Å²) < 4.78 is 33.6. The van der Waals surface area contributed by atoms with Crippen LogP contribution in [0.2, 0.25) is 0 Å². The van der Waals surface area contributed by atoms with E-state index in [2.05, 4.69) is 50.8 Å². The number of ether oxygens (including phenoxy) is 1. The molecule has 2 aromatic heterocycles. The predicted molar refractivity (Wildman–Crippen MR) is 122 cm³/mol. The second-order valence-electron chi connectivity index (χ2n) is 7.71. The number of sulfonamides is 1. The van der Waals surface area contributed by atoms with Crippen LogP contribution in [0.1, 0.15) is 36.9 Å². The van der Waals surface area contributed by atoms with Crippen LogP contribution in [0.15, 0.2) is 58.5 Å². The molecule has 0 unspecified atom stereocenters. The van der Waals surface area contributed by atoms with Crippen LogP contribution >= 0.6 is 11.3 Å². The molecule has 1 saturated heterocycles. The molecule has 1 atom stereocenters. The number of rotatable bonds is 7. The van der Waals surface area contributed by atoms with E-state index in [1.54, 1.807) is 10.9 Å². The van der Waals surface area contributed by atoms with Crippen molar-refractivity contribution in [1.82, 2.24) is 14.9 Å². The fourth-order valence-electron chi connectivity index (χ4n) is 3.74. The number of thiazole rings is 1. The number of aromatic nitrogens is 2. The van der Waals surface area contributed by atoms with Gasteiger partial charge in [-0.05, 0) is 43.9 Å².